The molecule has 134 valence electrons. The number of rotatable bonds is 6. The van der Waals surface area contributed by atoms with Crippen LogP contribution < -0.4 is 19.5 Å². The number of hydrogen-bond acceptors (Lipinski definition) is 3. The van der Waals surface area contributed by atoms with Crippen LogP contribution in [-0.4, -0.2) is 50.5 Å². The number of aromatic amines is 1. The molecule has 3 rings (SSSR count). The zero-order valence-electron chi connectivity index (χ0n) is 15.2. The van der Waals surface area contributed by atoms with Gasteiger partial charge >= 0.3 is 0 Å². The van der Waals surface area contributed by atoms with E-state index in [9.17, 15) is 5.11 Å². The Bertz CT molecular complexity index is 670. The van der Waals surface area contributed by atoms with Gasteiger partial charge in [-0.25, -0.2) is 4.98 Å². The van der Waals surface area contributed by atoms with Crippen molar-refractivity contribution in [1.29, 1.82) is 0 Å². The third kappa shape index (κ3) is 4.94. The van der Waals surface area contributed by atoms with Gasteiger partial charge in [-0.15, -0.1) is 0 Å². The van der Waals surface area contributed by atoms with Crippen molar-refractivity contribution >= 4 is 5.82 Å². The van der Waals surface area contributed by atoms with Gasteiger partial charge in [-0.05, 0) is 37.1 Å². The number of hydrogen-bond donors (Lipinski definition) is 2. The molecule has 1 aromatic heterocycles. The summed E-state index contributed by atoms with van der Waals surface area (Å²) in [6.07, 6.45) is 1.52. The average molecular weight is 343 g/mol. The van der Waals surface area contributed by atoms with E-state index in [2.05, 4.69) is 41.1 Å². The highest BCUT2D eigenvalue weighted by Crippen LogP contribution is 2.19. The van der Waals surface area contributed by atoms with Gasteiger partial charge < -0.3 is 14.7 Å². The second kappa shape index (κ2) is 8.32. The number of pyridine rings is 1. The molecule has 0 spiro atoms. The molecule has 0 amide bonds. The topological polar surface area (TPSA) is 51.3 Å². The van der Waals surface area contributed by atoms with Crippen molar-refractivity contribution < 1.29 is 19.7 Å². The van der Waals surface area contributed by atoms with Crippen molar-refractivity contribution in [2.75, 3.05) is 44.2 Å². The lowest BCUT2D eigenvalue weighted by molar-refractivity contribution is -0.903. The molecule has 2 aromatic rings. The van der Waals surface area contributed by atoms with Gasteiger partial charge in [0.1, 0.15) is 51.2 Å². The van der Waals surface area contributed by atoms with Gasteiger partial charge in [0.25, 0.3) is 5.82 Å². The number of anilines is 1. The Balaban J connectivity index is 1.43. The first-order valence-corrected chi connectivity index (χ1v) is 9.05. The molecule has 1 saturated heterocycles. The maximum Gasteiger partial charge on any atom is 0.274 e. The van der Waals surface area contributed by atoms with Crippen LogP contribution in [0.3, 0.4) is 0 Å². The maximum atomic E-state index is 10.3. The van der Waals surface area contributed by atoms with Crippen molar-refractivity contribution in [3.8, 4) is 5.75 Å². The van der Waals surface area contributed by atoms with Gasteiger partial charge in [0.15, 0.2) is 0 Å². The van der Waals surface area contributed by atoms with Crippen LogP contribution in [0.25, 0.3) is 0 Å². The van der Waals surface area contributed by atoms with E-state index in [0.717, 1.165) is 44.0 Å². The SMILES string of the molecule is Cc1ccc(C)c(OCC(O)C[NH+]2CCN(c3cccc[nH+]3)CC2)c1. The van der Waals surface area contributed by atoms with Gasteiger partial charge in [0, 0.05) is 6.07 Å². The number of aromatic nitrogens is 1. The highest BCUT2D eigenvalue weighted by atomic mass is 16.5. The molecule has 5 heteroatoms. The number of piperazine rings is 1. The minimum atomic E-state index is -0.440. The summed E-state index contributed by atoms with van der Waals surface area (Å²) in [5.41, 5.74) is 2.28. The zero-order chi connectivity index (χ0) is 17.6. The molecule has 25 heavy (non-hydrogen) atoms. The van der Waals surface area contributed by atoms with Crippen LogP contribution in [0.1, 0.15) is 11.1 Å². The zero-order valence-corrected chi connectivity index (χ0v) is 15.2. The number of aliphatic hydroxyl groups is 1. The Hall–Kier alpha value is -2.11. The standard InChI is InChI=1S/C20H27N3O2/c1-16-6-7-17(2)19(13-16)25-15-18(24)14-22-9-11-23(12-10-22)20-5-3-4-8-21-20/h3-8,13,18,24H,9-12,14-15H2,1-2H3/p+2. The van der Waals surface area contributed by atoms with Crippen LogP contribution >= 0.6 is 0 Å². The van der Waals surface area contributed by atoms with Crippen LogP contribution in [0.15, 0.2) is 42.6 Å². The quantitative estimate of drug-likeness (QED) is 0.791. The van der Waals surface area contributed by atoms with Crippen molar-refractivity contribution in [2.24, 2.45) is 0 Å². The van der Waals surface area contributed by atoms with Gasteiger partial charge in [0.05, 0.1) is 6.20 Å². The summed E-state index contributed by atoms with van der Waals surface area (Å²) in [5, 5.41) is 10.3. The van der Waals surface area contributed by atoms with Gasteiger partial charge in [-0.3, -0.25) is 4.90 Å². The monoisotopic (exact) mass is 343 g/mol. The lowest BCUT2D eigenvalue weighted by atomic mass is 10.1. The third-order valence-electron chi connectivity index (χ3n) is 4.80. The number of aryl methyl sites for hydroxylation is 2. The summed E-state index contributed by atoms with van der Waals surface area (Å²) in [6.45, 7) is 9.23. The van der Waals surface area contributed by atoms with E-state index in [1.807, 2.05) is 25.3 Å². The lowest BCUT2D eigenvalue weighted by Gasteiger charge is -2.29. The Labute approximate surface area is 149 Å². The first-order valence-electron chi connectivity index (χ1n) is 9.05. The Morgan fingerprint density at radius 1 is 1.20 bits per heavy atom. The summed E-state index contributed by atoms with van der Waals surface area (Å²) < 4.78 is 5.83. The molecule has 1 aromatic carbocycles. The number of ether oxygens (including phenoxy) is 1. The van der Waals surface area contributed by atoms with Crippen molar-refractivity contribution in [3.05, 3.63) is 53.7 Å². The Morgan fingerprint density at radius 2 is 2.00 bits per heavy atom. The molecule has 0 aliphatic carbocycles. The van der Waals surface area contributed by atoms with E-state index >= 15 is 0 Å². The van der Waals surface area contributed by atoms with E-state index in [-0.39, 0.29) is 0 Å². The molecular formula is C20H29N3O2+2. The van der Waals surface area contributed by atoms with Gasteiger partial charge in [0.2, 0.25) is 0 Å². The summed E-state index contributed by atoms with van der Waals surface area (Å²) >= 11 is 0. The molecular weight excluding hydrogens is 314 g/mol. The van der Waals surface area contributed by atoms with Crippen LogP contribution in [-0.2, 0) is 0 Å². The first-order chi connectivity index (χ1) is 12.1. The highest BCUT2D eigenvalue weighted by Gasteiger charge is 2.27. The fourth-order valence-corrected chi connectivity index (χ4v) is 3.29. The second-order valence-corrected chi connectivity index (χ2v) is 6.92. The largest absolute Gasteiger partial charge is 0.490 e. The Morgan fingerprint density at radius 3 is 2.72 bits per heavy atom. The smallest absolute Gasteiger partial charge is 0.274 e. The molecule has 1 aliphatic rings. The number of aliphatic hydroxyl groups excluding tert-OH is 1. The van der Waals surface area contributed by atoms with E-state index < -0.39 is 6.10 Å². The molecule has 5 nitrogen and oxygen atoms in total. The summed E-state index contributed by atoms with van der Waals surface area (Å²) in [7, 11) is 0. The summed E-state index contributed by atoms with van der Waals surface area (Å²) in [4.78, 5) is 7.09. The molecule has 0 bridgehead atoms. The predicted molar refractivity (Wildman–Crippen MR) is 98.2 cm³/mol. The van der Waals surface area contributed by atoms with Crippen LogP contribution in [0.4, 0.5) is 5.82 Å². The van der Waals surface area contributed by atoms with E-state index in [1.54, 1.807) is 0 Å². The number of quaternary nitrogens is 1. The minimum absolute atomic E-state index is 0.351. The van der Waals surface area contributed by atoms with Crippen LogP contribution in [0.5, 0.6) is 5.75 Å². The number of H-pyrrole nitrogens is 1. The molecule has 2 heterocycles. The highest BCUT2D eigenvalue weighted by molar-refractivity contribution is 5.36. The fourth-order valence-electron chi connectivity index (χ4n) is 3.29. The summed E-state index contributed by atoms with van der Waals surface area (Å²) in [5.74, 6) is 2.04. The van der Waals surface area contributed by atoms with Crippen molar-refractivity contribution in [1.82, 2.24) is 0 Å². The summed E-state index contributed by atoms with van der Waals surface area (Å²) in [6, 6.07) is 12.3. The second-order valence-electron chi connectivity index (χ2n) is 6.92. The molecule has 1 aliphatic heterocycles. The van der Waals surface area contributed by atoms with Crippen LogP contribution in [0.2, 0.25) is 0 Å². The lowest BCUT2D eigenvalue weighted by Crippen LogP contribution is -3.16. The number of nitrogens with one attached hydrogen (secondary N) is 2. The van der Waals surface area contributed by atoms with E-state index in [1.165, 1.54) is 16.3 Å². The number of benzene rings is 1. The van der Waals surface area contributed by atoms with Crippen molar-refractivity contribution in [2.45, 2.75) is 20.0 Å². The molecule has 1 unspecified atom stereocenters. The van der Waals surface area contributed by atoms with Crippen molar-refractivity contribution in [3.63, 3.8) is 0 Å². The molecule has 3 N–H and O–H groups in total. The van der Waals surface area contributed by atoms with Gasteiger partial charge in [-0.1, -0.05) is 18.2 Å². The minimum Gasteiger partial charge on any atom is -0.490 e. The predicted octanol–water partition coefficient (Wildman–Crippen LogP) is 0.262. The Kier molecular flexibility index (Phi) is 5.89. The average Bonchev–Trinajstić information content (AvgIpc) is 2.64. The van der Waals surface area contributed by atoms with Crippen LogP contribution in [0, 0.1) is 13.8 Å². The van der Waals surface area contributed by atoms with Gasteiger partial charge in [-0.2, -0.15) is 0 Å². The molecule has 1 fully saturated rings. The third-order valence-corrected chi connectivity index (χ3v) is 4.80. The maximum absolute atomic E-state index is 10.3. The van der Waals surface area contributed by atoms with E-state index in [0.29, 0.717) is 6.61 Å². The first kappa shape index (κ1) is 17.7. The fraction of sp³-hybridized carbons (Fsp3) is 0.450. The van der Waals surface area contributed by atoms with E-state index in [4.69, 9.17) is 4.74 Å². The normalized spacial score (nSPS) is 16.7. The molecule has 0 saturated carbocycles. The number of nitrogens with zero attached hydrogens (tertiary/aromatic N) is 1. The molecule has 1 atom stereocenters. The molecule has 0 radical (unpaired) electrons.